The highest BCUT2D eigenvalue weighted by atomic mass is 35.5. The number of carbonyl (C=O) groups is 3. The number of benzene rings is 2. The highest BCUT2D eigenvalue weighted by Gasteiger charge is 2.20. The zero-order valence-electron chi connectivity index (χ0n) is 14.4. The number of aliphatic carboxylic acids is 1. The quantitative estimate of drug-likeness (QED) is 0.641. The minimum absolute atomic E-state index is 0.0695. The Morgan fingerprint density at radius 3 is 2.41 bits per heavy atom. The molecule has 0 bridgehead atoms. The molecule has 0 radical (unpaired) electrons. The van der Waals surface area contributed by atoms with Gasteiger partial charge in [-0.25, -0.2) is 9.59 Å². The van der Waals surface area contributed by atoms with E-state index in [1.165, 1.54) is 0 Å². The summed E-state index contributed by atoms with van der Waals surface area (Å²) >= 11 is 5.88. The molecule has 1 atom stereocenters. The Hall–Kier alpha value is -3.06. The predicted molar refractivity (Wildman–Crippen MR) is 99.4 cm³/mol. The van der Waals surface area contributed by atoms with Crippen LogP contribution in [0.4, 0.5) is 4.79 Å². The van der Waals surface area contributed by atoms with E-state index in [-0.39, 0.29) is 13.0 Å². The number of carboxylic acid groups (broad SMARTS) is 1. The molecular formula is C19H19ClN2O5. The second kappa shape index (κ2) is 10.2. The summed E-state index contributed by atoms with van der Waals surface area (Å²) < 4.78 is 4.98. The van der Waals surface area contributed by atoms with Gasteiger partial charge in [0.2, 0.25) is 5.91 Å². The van der Waals surface area contributed by atoms with Gasteiger partial charge in [-0.05, 0) is 23.3 Å². The predicted octanol–water partition coefficient (Wildman–Crippen LogP) is 2.38. The molecule has 0 heterocycles. The molecule has 0 aromatic heterocycles. The van der Waals surface area contributed by atoms with Gasteiger partial charge in [0.05, 0.1) is 0 Å². The third-order valence-electron chi connectivity index (χ3n) is 3.57. The van der Waals surface area contributed by atoms with Crippen molar-refractivity contribution in [3.8, 4) is 0 Å². The summed E-state index contributed by atoms with van der Waals surface area (Å²) in [7, 11) is 0. The molecule has 142 valence electrons. The SMILES string of the molecule is O=C(CNC(=O)OCc1ccccc1)N[C@H](Cc1cccc(Cl)c1)C(=O)O. The largest absolute Gasteiger partial charge is 0.480 e. The van der Waals surface area contributed by atoms with Crippen LogP contribution >= 0.6 is 11.6 Å². The number of halogens is 1. The lowest BCUT2D eigenvalue weighted by Crippen LogP contribution is -2.46. The van der Waals surface area contributed by atoms with Crippen LogP contribution in [0.3, 0.4) is 0 Å². The van der Waals surface area contributed by atoms with Gasteiger partial charge in [-0.1, -0.05) is 54.1 Å². The molecule has 27 heavy (non-hydrogen) atoms. The van der Waals surface area contributed by atoms with Crippen molar-refractivity contribution < 1.29 is 24.2 Å². The second-order valence-corrected chi connectivity index (χ2v) is 6.14. The van der Waals surface area contributed by atoms with Crippen LogP contribution in [-0.2, 0) is 27.4 Å². The van der Waals surface area contributed by atoms with Crippen LogP contribution < -0.4 is 10.6 Å². The van der Waals surface area contributed by atoms with Crippen molar-refractivity contribution in [2.45, 2.75) is 19.1 Å². The van der Waals surface area contributed by atoms with Gasteiger partial charge in [0.15, 0.2) is 0 Å². The van der Waals surface area contributed by atoms with Crippen LogP contribution in [0, 0.1) is 0 Å². The summed E-state index contributed by atoms with van der Waals surface area (Å²) in [5, 5.41) is 14.4. The van der Waals surface area contributed by atoms with Crippen LogP contribution in [-0.4, -0.2) is 35.7 Å². The summed E-state index contributed by atoms with van der Waals surface area (Å²) in [4.78, 5) is 34.9. The van der Waals surface area contributed by atoms with E-state index in [9.17, 15) is 19.5 Å². The number of carbonyl (C=O) groups excluding carboxylic acids is 2. The maximum absolute atomic E-state index is 11.9. The molecule has 0 aliphatic carbocycles. The highest BCUT2D eigenvalue weighted by molar-refractivity contribution is 6.30. The molecule has 2 rings (SSSR count). The Labute approximate surface area is 161 Å². The number of ether oxygens (including phenoxy) is 1. The molecule has 0 fully saturated rings. The first-order chi connectivity index (χ1) is 12.9. The third-order valence-corrected chi connectivity index (χ3v) is 3.80. The number of amides is 2. The van der Waals surface area contributed by atoms with E-state index < -0.39 is 30.6 Å². The third kappa shape index (κ3) is 7.37. The number of hydrogen-bond acceptors (Lipinski definition) is 4. The Morgan fingerprint density at radius 2 is 1.74 bits per heavy atom. The fourth-order valence-corrected chi connectivity index (χ4v) is 2.48. The van der Waals surface area contributed by atoms with Crippen LogP contribution in [0.1, 0.15) is 11.1 Å². The van der Waals surface area contributed by atoms with Crippen molar-refractivity contribution in [3.63, 3.8) is 0 Å². The molecule has 0 aliphatic heterocycles. The van der Waals surface area contributed by atoms with E-state index in [1.807, 2.05) is 18.2 Å². The van der Waals surface area contributed by atoms with Gasteiger partial charge in [0, 0.05) is 11.4 Å². The molecule has 0 saturated carbocycles. The Kier molecular flexibility index (Phi) is 7.63. The van der Waals surface area contributed by atoms with Crippen molar-refractivity contribution in [2.24, 2.45) is 0 Å². The minimum atomic E-state index is -1.19. The average Bonchev–Trinajstić information content (AvgIpc) is 2.65. The second-order valence-electron chi connectivity index (χ2n) is 5.71. The van der Waals surface area contributed by atoms with Gasteiger partial charge in [-0.15, -0.1) is 0 Å². The van der Waals surface area contributed by atoms with E-state index in [1.54, 1.807) is 36.4 Å². The fourth-order valence-electron chi connectivity index (χ4n) is 2.27. The molecule has 2 amide bonds. The van der Waals surface area contributed by atoms with E-state index in [2.05, 4.69) is 10.6 Å². The lowest BCUT2D eigenvalue weighted by Gasteiger charge is -2.15. The maximum atomic E-state index is 11.9. The van der Waals surface area contributed by atoms with Gasteiger partial charge in [-0.3, -0.25) is 4.79 Å². The molecule has 2 aromatic rings. The smallest absolute Gasteiger partial charge is 0.407 e. The zero-order chi connectivity index (χ0) is 19.6. The molecule has 8 heteroatoms. The topological polar surface area (TPSA) is 105 Å². The van der Waals surface area contributed by atoms with Gasteiger partial charge >= 0.3 is 12.1 Å². The van der Waals surface area contributed by atoms with Crippen molar-refractivity contribution in [3.05, 3.63) is 70.7 Å². The Bertz CT molecular complexity index is 798. The van der Waals surface area contributed by atoms with Crippen LogP contribution in [0.15, 0.2) is 54.6 Å². The summed E-state index contributed by atoms with van der Waals surface area (Å²) in [5.74, 6) is -1.82. The summed E-state index contributed by atoms with van der Waals surface area (Å²) in [6.07, 6.45) is -0.698. The van der Waals surface area contributed by atoms with Crippen molar-refractivity contribution in [2.75, 3.05) is 6.54 Å². The van der Waals surface area contributed by atoms with Gasteiger partial charge in [-0.2, -0.15) is 0 Å². The standard InChI is InChI=1S/C19H19ClN2O5/c20-15-8-4-7-14(9-15)10-16(18(24)25)22-17(23)11-21-19(26)27-12-13-5-2-1-3-6-13/h1-9,16H,10-12H2,(H,21,26)(H,22,23)(H,24,25)/t16-/m1/s1. The molecule has 0 saturated heterocycles. The van der Waals surface area contributed by atoms with Gasteiger partial charge in [0.25, 0.3) is 0 Å². The van der Waals surface area contributed by atoms with E-state index in [0.717, 1.165) is 5.56 Å². The summed E-state index contributed by atoms with van der Waals surface area (Å²) in [6.45, 7) is -0.326. The maximum Gasteiger partial charge on any atom is 0.407 e. The van der Waals surface area contributed by atoms with E-state index >= 15 is 0 Å². The highest BCUT2D eigenvalue weighted by Crippen LogP contribution is 2.12. The van der Waals surface area contributed by atoms with Crippen LogP contribution in [0.5, 0.6) is 0 Å². The first kappa shape index (κ1) is 20.3. The first-order valence-electron chi connectivity index (χ1n) is 8.15. The molecule has 0 aliphatic rings. The fraction of sp³-hybridized carbons (Fsp3) is 0.211. The molecule has 2 aromatic carbocycles. The molecule has 0 unspecified atom stereocenters. The summed E-state index contributed by atoms with van der Waals surface area (Å²) in [6, 6.07) is 14.6. The monoisotopic (exact) mass is 390 g/mol. The van der Waals surface area contributed by atoms with Crippen molar-refractivity contribution >= 4 is 29.6 Å². The molecule has 3 N–H and O–H groups in total. The lowest BCUT2D eigenvalue weighted by molar-refractivity contribution is -0.141. The number of hydrogen-bond donors (Lipinski definition) is 3. The van der Waals surface area contributed by atoms with E-state index in [4.69, 9.17) is 16.3 Å². The van der Waals surface area contributed by atoms with Crippen molar-refractivity contribution in [1.82, 2.24) is 10.6 Å². The van der Waals surface area contributed by atoms with E-state index in [0.29, 0.717) is 10.6 Å². The van der Waals surface area contributed by atoms with Crippen LogP contribution in [0.25, 0.3) is 0 Å². The van der Waals surface area contributed by atoms with Crippen LogP contribution in [0.2, 0.25) is 5.02 Å². The zero-order valence-corrected chi connectivity index (χ0v) is 15.1. The Balaban J connectivity index is 1.78. The van der Waals surface area contributed by atoms with Gasteiger partial charge in [0.1, 0.15) is 19.2 Å². The minimum Gasteiger partial charge on any atom is -0.480 e. The van der Waals surface area contributed by atoms with Crippen molar-refractivity contribution in [1.29, 1.82) is 0 Å². The molecule has 0 spiro atoms. The number of carboxylic acids is 1. The summed E-state index contributed by atoms with van der Waals surface area (Å²) in [5.41, 5.74) is 1.48. The average molecular weight is 391 g/mol. The molecular weight excluding hydrogens is 372 g/mol. The normalized spacial score (nSPS) is 11.3. The number of rotatable bonds is 8. The Morgan fingerprint density at radius 1 is 1.04 bits per heavy atom. The first-order valence-corrected chi connectivity index (χ1v) is 8.53. The lowest BCUT2D eigenvalue weighted by atomic mass is 10.1. The van der Waals surface area contributed by atoms with Gasteiger partial charge < -0.3 is 20.5 Å². The number of nitrogens with one attached hydrogen (secondary N) is 2. The molecule has 7 nitrogen and oxygen atoms in total. The number of alkyl carbamates (subject to hydrolysis) is 1.